The number of ether oxygens (including phenoxy) is 1. The van der Waals surface area contributed by atoms with Crippen molar-refractivity contribution in [3.8, 4) is 11.4 Å². The first-order chi connectivity index (χ1) is 13.6. The number of hydrogen-bond donors (Lipinski definition) is 1. The number of aromatic nitrogens is 4. The summed E-state index contributed by atoms with van der Waals surface area (Å²) in [5.74, 6) is 0.0935. The summed E-state index contributed by atoms with van der Waals surface area (Å²) in [7, 11) is 0. The van der Waals surface area contributed by atoms with Gasteiger partial charge in [0.2, 0.25) is 0 Å². The number of nitrogens with zero attached hydrogens (tertiary/aromatic N) is 4. The number of benzene rings is 2. The summed E-state index contributed by atoms with van der Waals surface area (Å²) in [6.45, 7) is 1.77. The number of hydrogen-bond acceptors (Lipinski definition) is 5. The molecule has 0 fully saturated rings. The first-order valence-electron chi connectivity index (χ1n) is 8.62. The van der Waals surface area contributed by atoms with E-state index in [1.165, 1.54) is 12.5 Å². The molecule has 2 aromatic heterocycles. The highest BCUT2D eigenvalue weighted by Gasteiger charge is 2.13. The van der Waals surface area contributed by atoms with Crippen LogP contribution in [0, 0.1) is 6.92 Å². The van der Waals surface area contributed by atoms with Gasteiger partial charge in [-0.15, -0.1) is 0 Å². The van der Waals surface area contributed by atoms with Crippen LogP contribution in [0.5, 0.6) is 5.75 Å². The van der Waals surface area contributed by atoms with Crippen molar-refractivity contribution < 1.29 is 9.53 Å². The van der Waals surface area contributed by atoms with Gasteiger partial charge < -0.3 is 4.74 Å². The van der Waals surface area contributed by atoms with E-state index in [0.29, 0.717) is 16.8 Å². The topological polar surface area (TPSA) is 91.0 Å². The van der Waals surface area contributed by atoms with Crippen molar-refractivity contribution in [2.45, 2.75) is 6.92 Å². The molecule has 0 radical (unpaired) electrons. The summed E-state index contributed by atoms with van der Waals surface area (Å²) >= 11 is 0. The normalized spacial score (nSPS) is 10.8. The van der Waals surface area contributed by atoms with Crippen LogP contribution in [0.1, 0.15) is 5.56 Å². The Morgan fingerprint density at radius 2 is 1.86 bits per heavy atom. The monoisotopic (exact) mass is 375 g/mol. The molecule has 0 aliphatic rings. The summed E-state index contributed by atoms with van der Waals surface area (Å²) in [4.78, 5) is 29.0. The molecule has 0 unspecified atom stereocenters. The number of fused-ring (bicyclic) bond motifs is 1. The predicted molar refractivity (Wildman–Crippen MR) is 104 cm³/mol. The average molecular weight is 375 g/mol. The Morgan fingerprint density at radius 3 is 2.61 bits per heavy atom. The van der Waals surface area contributed by atoms with Crippen LogP contribution in [0.2, 0.25) is 0 Å². The van der Waals surface area contributed by atoms with E-state index in [-0.39, 0.29) is 6.61 Å². The van der Waals surface area contributed by atoms with Gasteiger partial charge in [0.25, 0.3) is 11.5 Å². The third kappa shape index (κ3) is 3.48. The summed E-state index contributed by atoms with van der Waals surface area (Å²) in [6, 6.07) is 16.7. The highest BCUT2D eigenvalue weighted by atomic mass is 16.5. The minimum atomic E-state index is -0.474. The fourth-order valence-corrected chi connectivity index (χ4v) is 2.70. The van der Waals surface area contributed by atoms with Crippen LogP contribution in [0.25, 0.3) is 16.7 Å². The maximum atomic E-state index is 12.7. The van der Waals surface area contributed by atoms with Gasteiger partial charge >= 0.3 is 0 Å². The van der Waals surface area contributed by atoms with Crippen LogP contribution in [-0.2, 0) is 4.79 Å². The molecule has 8 nitrogen and oxygen atoms in total. The van der Waals surface area contributed by atoms with E-state index in [4.69, 9.17) is 4.74 Å². The zero-order valence-corrected chi connectivity index (χ0v) is 15.1. The zero-order chi connectivity index (χ0) is 19.5. The standard InChI is InChI=1S/C20H17N5O3/c1-14-7-9-15(10-8-14)25-19-17(11-22-25)20(27)24(13-21-19)23-18(26)12-28-16-5-3-2-4-6-16/h2-11,13H,12H2,1H3,(H,23,26). The van der Waals surface area contributed by atoms with Gasteiger partial charge in [0.15, 0.2) is 12.3 Å². The van der Waals surface area contributed by atoms with E-state index in [1.54, 1.807) is 28.9 Å². The van der Waals surface area contributed by atoms with Crippen molar-refractivity contribution in [1.82, 2.24) is 19.4 Å². The number of carbonyl (C=O) groups is 1. The van der Waals surface area contributed by atoms with Gasteiger partial charge in [-0.1, -0.05) is 35.9 Å². The van der Waals surface area contributed by atoms with Crippen molar-refractivity contribution in [3.05, 3.63) is 83.0 Å². The number of aryl methyl sites for hydroxylation is 1. The van der Waals surface area contributed by atoms with E-state index < -0.39 is 11.5 Å². The lowest BCUT2D eigenvalue weighted by atomic mass is 10.2. The first-order valence-corrected chi connectivity index (χ1v) is 8.62. The van der Waals surface area contributed by atoms with E-state index in [1.807, 2.05) is 37.3 Å². The van der Waals surface area contributed by atoms with Gasteiger partial charge in [0, 0.05) is 0 Å². The van der Waals surface area contributed by atoms with Crippen molar-refractivity contribution in [1.29, 1.82) is 0 Å². The van der Waals surface area contributed by atoms with Crippen LogP contribution < -0.4 is 15.7 Å². The number of para-hydroxylation sites is 1. The molecule has 140 valence electrons. The van der Waals surface area contributed by atoms with Crippen LogP contribution in [-0.4, -0.2) is 32.0 Å². The van der Waals surface area contributed by atoms with E-state index in [0.717, 1.165) is 15.9 Å². The Morgan fingerprint density at radius 1 is 1.11 bits per heavy atom. The van der Waals surface area contributed by atoms with E-state index in [9.17, 15) is 9.59 Å². The van der Waals surface area contributed by atoms with Crippen LogP contribution in [0.3, 0.4) is 0 Å². The largest absolute Gasteiger partial charge is 0.484 e. The molecule has 4 aromatic rings. The number of rotatable bonds is 5. The Hall–Kier alpha value is -3.94. The van der Waals surface area contributed by atoms with Crippen LogP contribution >= 0.6 is 0 Å². The molecule has 4 rings (SSSR count). The van der Waals surface area contributed by atoms with E-state index >= 15 is 0 Å². The molecule has 8 heteroatoms. The maximum Gasteiger partial charge on any atom is 0.283 e. The second-order valence-electron chi connectivity index (χ2n) is 6.19. The minimum absolute atomic E-state index is 0.225. The smallest absolute Gasteiger partial charge is 0.283 e. The summed E-state index contributed by atoms with van der Waals surface area (Å²) in [6.07, 6.45) is 2.70. The Labute approximate surface area is 160 Å². The van der Waals surface area contributed by atoms with Gasteiger partial charge in [0.05, 0.1) is 11.9 Å². The van der Waals surface area contributed by atoms with Gasteiger partial charge in [-0.25, -0.2) is 14.3 Å². The van der Waals surface area contributed by atoms with Crippen molar-refractivity contribution in [2.75, 3.05) is 12.0 Å². The highest BCUT2D eigenvalue weighted by Crippen LogP contribution is 2.14. The van der Waals surface area contributed by atoms with Gasteiger partial charge in [-0.3, -0.25) is 15.0 Å². The quantitative estimate of drug-likeness (QED) is 0.576. The summed E-state index contributed by atoms with van der Waals surface area (Å²) in [5.41, 5.74) is 4.38. The molecule has 0 spiro atoms. The maximum absolute atomic E-state index is 12.7. The Balaban J connectivity index is 1.54. The molecule has 1 N–H and O–H groups in total. The molecule has 0 aliphatic carbocycles. The summed E-state index contributed by atoms with van der Waals surface area (Å²) < 4.78 is 7.99. The van der Waals surface area contributed by atoms with Crippen LogP contribution in [0.4, 0.5) is 0 Å². The second-order valence-corrected chi connectivity index (χ2v) is 6.19. The fraction of sp³-hybridized carbons (Fsp3) is 0.100. The fourth-order valence-electron chi connectivity index (χ4n) is 2.70. The second kappa shape index (κ2) is 7.36. The SMILES string of the molecule is Cc1ccc(-n2ncc3c(=O)n(NC(=O)COc4ccccc4)cnc32)cc1. The van der Waals surface area contributed by atoms with E-state index in [2.05, 4.69) is 15.5 Å². The van der Waals surface area contributed by atoms with Gasteiger partial charge in [-0.05, 0) is 31.2 Å². The lowest BCUT2D eigenvalue weighted by Gasteiger charge is -2.09. The number of amides is 1. The molecular formula is C20H17N5O3. The van der Waals surface area contributed by atoms with Crippen molar-refractivity contribution >= 4 is 16.9 Å². The Kier molecular flexibility index (Phi) is 4.59. The van der Waals surface area contributed by atoms with Gasteiger partial charge in [-0.2, -0.15) is 5.10 Å². The third-order valence-electron chi connectivity index (χ3n) is 4.13. The number of carbonyl (C=O) groups excluding carboxylic acids is 1. The predicted octanol–water partition coefficient (Wildman–Crippen LogP) is 2.04. The molecule has 0 saturated heterocycles. The lowest BCUT2D eigenvalue weighted by Crippen LogP contribution is -2.35. The highest BCUT2D eigenvalue weighted by molar-refractivity contribution is 5.85. The van der Waals surface area contributed by atoms with Crippen molar-refractivity contribution in [2.24, 2.45) is 0 Å². The summed E-state index contributed by atoms with van der Waals surface area (Å²) in [5, 5.41) is 4.55. The minimum Gasteiger partial charge on any atom is -0.484 e. The molecule has 0 aliphatic heterocycles. The van der Waals surface area contributed by atoms with Gasteiger partial charge in [0.1, 0.15) is 17.5 Å². The lowest BCUT2D eigenvalue weighted by molar-refractivity contribution is -0.119. The zero-order valence-electron chi connectivity index (χ0n) is 15.1. The Bertz CT molecular complexity index is 1180. The average Bonchev–Trinajstić information content (AvgIpc) is 3.15. The molecule has 2 aromatic carbocycles. The molecule has 1 amide bonds. The molecule has 28 heavy (non-hydrogen) atoms. The number of nitrogens with one attached hydrogen (secondary N) is 1. The van der Waals surface area contributed by atoms with Crippen LogP contribution in [0.15, 0.2) is 71.9 Å². The molecule has 2 heterocycles. The molecular weight excluding hydrogens is 358 g/mol. The molecule has 0 atom stereocenters. The molecule has 0 saturated carbocycles. The first kappa shape index (κ1) is 17.5. The molecule has 0 bridgehead atoms. The van der Waals surface area contributed by atoms with Crippen molar-refractivity contribution in [3.63, 3.8) is 0 Å². The third-order valence-corrected chi connectivity index (χ3v) is 4.13.